The molecule has 2 N–H and O–H groups in total. The number of methoxy groups -OCH3 is 1. The molecule has 0 unspecified atom stereocenters. The molecule has 0 saturated heterocycles. The van der Waals surface area contributed by atoms with Gasteiger partial charge in [-0.3, -0.25) is 4.99 Å². The zero-order valence-corrected chi connectivity index (χ0v) is 16.2. The fraction of sp³-hybridized carbons (Fsp3) is 0.933. The number of aliphatic imine (C=N–C) groups is 1. The number of hydrogen-bond donors (Lipinski definition) is 2. The molecule has 21 heavy (non-hydrogen) atoms. The lowest BCUT2D eigenvalue weighted by Crippen LogP contribution is -2.42. The monoisotopic (exact) mass is 412 g/mol. The Morgan fingerprint density at radius 1 is 1.29 bits per heavy atom. The quantitative estimate of drug-likeness (QED) is 0.264. The smallest absolute Gasteiger partial charge is 0.191 e. The summed E-state index contributed by atoms with van der Waals surface area (Å²) < 4.78 is 5.07. The number of nitrogens with zero attached hydrogens (tertiary/aromatic N) is 2. The molecule has 0 heterocycles. The van der Waals surface area contributed by atoms with Gasteiger partial charge in [-0.25, -0.2) is 0 Å². The molecule has 1 rings (SSSR count). The molecule has 0 aromatic heterocycles. The van der Waals surface area contributed by atoms with Gasteiger partial charge in [-0.2, -0.15) is 0 Å². The van der Waals surface area contributed by atoms with Crippen LogP contribution in [0.4, 0.5) is 0 Å². The maximum atomic E-state index is 5.07. The van der Waals surface area contributed by atoms with Gasteiger partial charge in [0, 0.05) is 32.8 Å². The van der Waals surface area contributed by atoms with Crippen molar-refractivity contribution in [1.82, 2.24) is 15.5 Å². The van der Waals surface area contributed by atoms with Crippen LogP contribution in [0.3, 0.4) is 0 Å². The third-order valence-corrected chi connectivity index (χ3v) is 3.69. The van der Waals surface area contributed by atoms with Gasteiger partial charge in [0.2, 0.25) is 0 Å². The summed E-state index contributed by atoms with van der Waals surface area (Å²) in [6, 6.07) is 0.622. The van der Waals surface area contributed by atoms with Gasteiger partial charge in [0.25, 0.3) is 0 Å². The molecule has 6 heteroatoms. The highest BCUT2D eigenvalue weighted by molar-refractivity contribution is 14.0. The molecule has 5 nitrogen and oxygen atoms in total. The fourth-order valence-corrected chi connectivity index (χ4v) is 2.47. The summed E-state index contributed by atoms with van der Waals surface area (Å²) in [5.41, 5.74) is 0. The second-order valence-electron chi connectivity index (χ2n) is 5.54. The van der Waals surface area contributed by atoms with E-state index in [1.54, 1.807) is 7.11 Å². The molecule has 0 amide bonds. The van der Waals surface area contributed by atoms with Crippen molar-refractivity contribution in [2.24, 2.45) is 4.99 Å². The molecule has 126 valence electrons. The second kappa shape index (κ2) is 13.6. The van der Waals surface area contributed by atoms with Crippen LogP contribution in [0.15, 0.2) is 4.99 Å². The Hall–Kier alpha value is -0.0800. The van der Waals surface area contributed by atoms with Gasteiger partial charge < -0.3 is 20.3 Å². The summed E-state index contributed by atoms with van der Waals surface area (Å²) in [5, 5.41) is 6.88. The first kappa shape index (κ1) is 20.9. The molecule has 1 aliphatic rings. The van der Waals surface area contributed by atoms with Crippen LogP contribution in [0.25, 0.3) is 0 Å². The molecular weight excluding hydrogens is 379 g/mol. The highest BCUT2D eigenvalue weighted by atomic mass is 127. The Morgan fingerprint density at radius 3 is 2.62 bits per heavy atom. The van der Waals surface area contributed by atoms with E-state index in [9.17, 15) is 0 Å². The Morgan fingerprint density at radius 2 is 2.00 bits per heavy atom. The summed E-state index contributed by atoms with van der Waals surface area (Å²) in [7, 11) is 3.88. The predicted octanol–water partition coefficient (Wildman–Crippen LogP) is 2.07. The van der Waals surface area contributed by atoms with Crippen molar-refractivity contribution in [2.45, 2.75) is 45.1 Å². The first-order chi connectivity index (χ1) is 9.76. The summed E-state index contributed by atoms with van der Waals surface area (Å²) in [6.45, 7) is 6.76. The van der Waals surface area contributed by atoms with Crippen LogP contribution >= 0.6 is 24.0 Å². The average Bonchev–Trinajstić information content (AvgIpc) is 2.94. The zero-order chi connectivity index (χ0) is 14.6. The molecule has 1 fully saturated rings. The molecule has 0 aromatic rings. The lowest BCUT2D eigenvalue weighted by Gasteiger charge is -2.17. The highest BCUT2D eigenvalue weighted by Gasteiger charge is 2.15. The van der Waals surface area contributed by atoms with Crippen LogP contribution in [0.5, 0.6) is 0 Å². The van der Waals surface area contributed by atoms with E-state index < -0.39 is 0 Å². The third kappa shape index (κ3) is 10.3. The molecular formula is C15H33IN4O. The molecule has 1 aliphatic carbocycles. The van der Waals surface area contributed by atoms with Gasteiger partial charge in [-0.05, 0) is 39.8 Å². The first-order valence-corrected chi connectivity index (χ1v) is 7.98. The number of halogens is 1. The van der Waals surface area contributed by atoms with Gasteiger partial charge in [0.05, 0.1) is 6.61 Å². The van der Waals surface area contributed by atoms with Gasteiger partial charge in [0.1, 0.15) is 0 Å². The van der Waals surface area contributed by atoms with E-state index in [-0.39, 0.29) is 24.0 Å². The van der Waals surface area contributed by atoms with E-state index in [1.807, 2.05) is 0 Å². The van der Waals surface area contributed by atoms with E-state index in [4.69, 9.17) is 4.74 Å². The van der Waals surface area contributed by atoms with Crippen LogP contribution in [0, 0.1) is 0 Å². The van der Waals surface area contributed by atoms with Gasteiger partial charge in [-0.1, -0.05) is 12.8 Å². The van der Waals surface area contributed by atoms with Crippen molar-refractivity contribution >= 4 is 29.9 Å². The number of ether oxygens (including phenoxy) is 1. The number of rotatable bonds is 9. The van der Waals surface area contributed by atoms with Crippen molar-refractivity contribution in [3.63, 3.8) is 0 Å². The fourth-order valence-electron chi connectivity index (χ4n) is 2.47. The maximum absolute atomic E-state index is 5.07. The lowest BCUT2D eigenvalue weighted by molar-refractivity contribution is 0.161. The van der Waals surface area contributed by atoms with E-state index in [1.165, 1.54) is 25.7 Å². The van der Waals surface area contributed by atoms with E-state index in [0.717, 1.165) is 45.2 Å². The minimum absolute atomic E-state index is 0. The van der Waals surface area contributed by atoms with Crippen LogP contribution in [0.2, 0.25) is 0 Å². The Bertz CT molecular complexity index is 270. The number of nitrogens with one attached hydrogen (secondary N) is 2. The maximum Gasteiger partial charge on any atom is 0.191 e. The van der Waals surface area contributed by atoms with Gasteiger partial charge >= 0.3 is 0 Å². The Labute approximate surface area is 147 Å². The zero-order valence-electron chi connectivity index (χ0n) is 13.9. The van der Waals surface area contributed by atoms with Crippen LogP contribution in [-0.2, 0) is 4.74 Å². The number of likely N-dealkylation sites (N-methyl/N-ethyl adjacent to an activating group) is 1. The van der Waals surface area contributed by atoms with E-state index in [0.29, 0.717) is 6.04 Å². The van der Waals surface area contributed by atoms with Crippen molar-refractivity contribution in [3.8, 4) is 0 Å². The Balaban J connectivity index is 0.00000400. The number of hydrogen-bond acceptors (Lipinski definition) is 3. The summed E-state index contributed by atoms with van der Waals surface area (Å²) >= 11 is 0. The Kier molecular flexibility index (Phi) is 13.5. The van der Waals surface area contributed by atoms with Crippen molar-refractivity contribution in [3.05, 3.63) is 0 Å². The summed E-state index contributed by atoms with van der Waals surface area (Å²) in [5.74, 6) is 0.985. The summed E-state index contributed by atoms with van der Waals surface area (Å²) in [6.07, 6.45) is 6.35. The van der Waals surface area contributed by atoms with Crippen LogP contribution in [-0.4, -0.2) is 63.8 Å². The average molecular weight is 412 g/mol. The largest absolute Gasteiger partial charge is 0.383 e. The highest BCUT2D eigenvalue weighted by Crippen LogP contribution is 2.17. The second-order valence-corrected chi connectivity index (χ2v) is 5.54. The molecule has 0 aliphatic heterocycles. The predicted molar refractivity (Wildman–Crippen MR) is 101 cm³/mol. The summed E-state index contributed by atoms with van der Waals surface area (Å²) in [4.78, 5) is 6.95. The molecule has 1 saturated carbocycles. The van der Waals surface area contributed by atoms with Crippen molar-refractivity contribution in [1.29, 1.82) is 0 Å². The normalized spacial score (nSPS) is 16.1. The van der Waals surface area contributed by atoms with Crippen LogP contribution < -0.4 is 10.6 Å². The molecule has 0 radical (unpaired) electrons. The SMILES string of the molecule is CCNC(=NCCCN(C)CCOC)NC1CCCC1.I. The number of guanidine groups is 1. The molecule has 0 aromatic carbocycles. The first-order valence-electron chi connectivity index (χ1n) is 7.98. The van der Waals surface area contributed by atoms with Gasteiger partial charge in [-0.15, -0.1) is 24.0 Å². The van der Waals surface area contributed by atoms with Gasteiger partial charge in [0.15, 0.2) is 5.96 Å². The topological polar surface area (TPSA) is 48.9 Å². The molecule has 0 bridgehead atoms. The van der Waals surface area contributed by atoms with Crippen LogP contribution in [0.1, 0.15) is 39.0 Å². The lowest BCUT2D eigenvalue weighted by atomic mass is 10.2. The third-order valence-electron chi connectivity index (χ3n) is 3.69. The molecule has 0 atom stereocenters. The molecule has 0 spiro atoms. The van der Waals surface area contributed by atoms with Crippen molar-refractivity contribution in [2.75, 3.05) is 46.9 Å². The minimum Gasteiger partial charge on any atom is -0.383 e. The standard InChI is InChI=1S/C15H32N4O.HI/c1-4-16-15(18-14-8-5-6-9-14)17-10-7-11-19(2)12-13-20-3;/h14H,4-13H2,1-3H3,(H2,16,17,18);1H. The van der Waals surface area contributed by atoms with E-state index >= 15 is 0 Å². The van der Waals surface area contributed by atoms with E-state index in [2.05, 4.69) is 34.5 Å². The minimum atomic E-state index is 0. The van der Waals surface area contributed by atoms with Crippen molar-refractivity contribution < 1.29 is 4.74 Å².